The van der Waals surface area contributed by atoms with Crippen molar-refractivity contribution in [3.63, 3.8) is 0 Å². The zero-order valence-electron chi connectivity index (χ0n) is 17.7. The van der Waals surface area contributed by atoms with Gasteiger partial charge in [-0.1, -0.05) is 19.4 Å². The fourth-order valence-corrected chi connectivity index (χ4v) is 7.38. The van der Waals surface area contributed by atoms with Crippen molar-refractivity contribution in [3.8, 4) is 0 Å². The van der Waals surface area contributed by atoms with Crippen LogP contribution < -0.4 is 56.5 Å². The van der Waals surface area contributed by atoms with E-state index in [0.717, 1.165) is 5.57 Å². The number of fused-ring (bicyclic) bond motifs is 5. The molecule has 29 heavy (non-hydrogen) atoms. The summed E-state index contributed by atoms with van der Waals surface area (Å²) in [6.07, 6.45) is 3.17. The molecule has 4 aliphatic carbocycles. The van der Waals surface area contributed by atoms with E-state index in [0.29, 0.717) is 38.5 Å². The number of carboxylic acid groups (broad SMARTS) is 1. The van der Waals surface area contributed by atoms with Crippen molar-refractivity contribution in [2.24, 2.45) is 22.7 Å². The van der Waals surface area contributed by atoms with E-state index in [1.54, 1.807) is 6.08 Å². The van der Waals surface area contributed by atoms with Crippen LogP contribution in [0.2, 0.25) is 0 Å². The number of rotatable bonds is 3. The molecule has 0 spiro atoms. The number of hydrogen-bond acceptors (Lipinski definition) is 5. The van der Waals surface area contributed by atoms with Crippen LogP contribution in [0.1, 0.15) is 71.6 Å². The van der Waals surface area contributed by atoms with Gasteiger partial charge >= 0.3 is 51.4 Å². The third-order valence-corrected chi connectivity index (χ3v) is 9.11. The molecule has 0 saturated heterocycles. The van der Waals surface area contributed by atoms with Gasteiger partial charge in [0.05, 0.1) is 11.7 Å². The normalized spacial score (nSPS) is 48.7. The molecular formula is C22H30FKO5. The zero-order valence-corrected chi connectivity index (χ0v) is 20.8. The molecule has 5 nitrogen and oxygen atoms in total. The molecule has 7 heteroatoms. The number of carbonyl (C=O) groups is 2. The van der Waals surface area contributed by atoms with E-state index in [4.69, 9.17) is 0 Å². The molecule has 3 fully saturated rings. The van der Waals surface area contributed by atoms with Crippen molar-refractivity contribution in [2.45, 2.75) is 89.0 Å². The minimum Gasteiger partial charge on any atom is -0.550 e. The van der Waals surface area contributed by atoms with Gasteiger partial charge in [-0.3, -0.25) is 4.79 Å². The van der Waals surface area contributed by atoms with Gasteiger partial charge in [0, 0.05) is 29.1 Å². The summed E-state index contributed by atoms with van der Waals surface area (Å²) in [5.74, 6) is -1.71. The Kier molecular flexibility index (Phi) is 6.42. The molecule has 156 valence electrons. The molecule has 2 N–H and O–H groups in total. The molecule has 4 rings (SSSR count). The molecule has 0 aliphatic heterocycles. The average Bonchev–Trinajstić information content (AvgIpc) is 2.87. The minimum absolute atomic E-state index is 0. The molecule has 0 aromatic heterocycles. The number of aliphatic hydroxyl groups excluding tert-OH is 1. The molecule has 0 bridgehead atoms. The van der Waals surface area contributed by atoms with E-state index in [9.17, 15) is 24.9 Å². The number of hydrogen-bond donors (Lipinski definition) is 2. The van der Waals surface area contributed by atoms with Gasteiger partial charge in [-0.15, -0.1) is 0 Å². The van der Waals surface area contributed by atoms with Gasteiger partial charge < -0.3 is 20.1 Å². The molecule has 0 aromatic rings. The van der Waals surface area contributed by atoms with E-state index >= 15 is 4.39 Å². The number of carboxylic acids is 1. The summed E-state index contributed by atoms with van der Waals surface area (Å²) in [6.45, 7) is 3.74. The van der Waals surface area contributed by atoms with Crippen LogP contribution in [0.15, 0.2) is 11.6 Å². The molecule has 4 aliphatic rings. The maximum atomic E-state index is 16.8. The quantitative estimate of drug-likeness (QED) is 0.549. The molecule has 7 atom stereocenters. The maximum absolute atomic E-state index is 16.8. The van der Waals surface area contributed by atoms with Crippen molar-refractivity contribution in [1.82, 2.24) is 0 Å². The molecule has 0 heterocycles. The van der Waals surface area contributed by atoms with Crippen LogP contribution in [0.3, 0.4) is 0 Å². The van der Waals surface area contributed by atoms with Crippen molar-refractivity contribution >= 4 is 11.8 Å². The molecule has 0 radical (unpaired) electrons. The average molecular weight is 433 g/mol. The largest absolute Gasteiger partial charge is 1.00 e. The molecule has 3 saturated carbocycles. The smallest absolute Gasteiger partial charge is 0.550 e. The van der Waals surface area contributed by atoms with Crippen LogP contribution in [0, 0.1) is 22.7 Å². The summed E-state index contributed by atoms with van der Waals surface area (Å²) in [7, 11) is 0. The Morgan fingerprint density at radius 1 is 1.24 bits per heavy atom. The Hall–Kier alpha value is 0.366. The second kappa shape index (κ2) is 7.75. The first-order valence-electron chi connectivity index (χ1n) is 10.5. The summed E-state index contributed by atoms with van der Waals surface area (Å²) < 4.78 is 16.8. The van der Waals surface area contributed by atoms with Gasteiger partial charge in [0.15, 0.2) is 5.78 Å². The molecule has 0 aromatic carbocycles. The SMILES string of the molecule is C[C@]12CCC(=O)C=C1CC[C@H]1[C@@H]3CC[C@@](O)(CCC(=O)[O-])[C@@]3(C)C[C@H](O)[C@@]12F.[K+]. The van der Waals surface area contributed by atoms with Gasteiger partial charge in [-0.2, -0.15) is 0 Å². The van der Waals surface area contributed by atoms with Crippen LogP contribution in [0.25, 0.3) is 0 Å². The van der Waals surface area contributed by atoms with Crippen molar-refractivity contribution in [2.75, 3.05) is 0 Å². The third kappa shape index (κ3) is 3.21. The van der Waals surface area contributed by atoms with E-state index in [-0.39, 0.29) is 82.3 Å². The summed E-state index contributed by atoms with van der Waals surface area (Å²) in [5, 5.41) is 33.4. The fraction of sp³-hybridized carbons (Fsp3) is 0.818. The van der Waals surface area contributed by atoms with Gasteiger partial charge in [0.25, 0.3) is 0 Å². The van der Waals surface area contributed by atoms with Crippen LogP contribution in [-0.4, -0.2) is 39.3 Å². The van der Waals surface area contributed by atoms with E-state index in [2.05, 4.69) is 0 Å². The Morgan fingerprint density at radius 2 is 1.93 bits per heavy atom. The predicted octanol–water partition coefficient (Wildman–Crippen LogP) is -1.15. The summed E-state index contributed by atoms with van der Waals surface area (Å²) in [4.78, 5) is 22.9. The minimum atomic E-state index is -1.83. The van der Waals surface area contributed by atoms with Crippen LogP contribution in [0.5, 0.6) is 0 Å². The standard InChI is InChI=1S/C22H31FO5.K/c1-19-8-5-14(24)11-13(19)3-4-16-15-6-9-21(28,10-7-18(26)27)20(15,2)12-17(25)22(16,19)23;/h11,15-17,25,28H,3-10,12H2,1-2H3,(H,26,27);/q;+1/p-1/t15-,16-,17-,19-,20-,21+,22-;/m0./s1. The van der Waals surface area contributed by atoms with Crippen LogP contribution in [-0.2, 0) is 9.59 Å². The summed E-state index contributed by atoms with van der Waals surface area (Å²) in [6, 6.07) is 0. The van der Waals surface area contributed by atoms with Gasteiger partial charge in [0.1, 0.15) is 5.67 Å². The second-order valence-electron chi connectivity index (χ2n) is 10.1. The number of alkyl halides is 1. The molecule has 0 amide bonds. The number of aliphatic hydroxyl groups is 2. The van der Waals surface area contributed by atoms with Gasteiger partial charge in [0.2, 0.25) is 0 Å². The molecular weight excluding hydrogens is 402 g/mol. The number of halogens is 1. The second-order valence-corrected chi connectivity index (χ2v) is 10.1. The van der Waals surface area contributed by atoms with E-state index < -0.39 is 40.1 Å². The first-order chi connectivity index (χ1) is 13.0. The van der Waals surface area contributed by atoms with Gasteiger partial charge in [-0.25, -0.2) is 4.39 Å². The summed E-state index contributed by atoms with van der Waals surface area (Å²) >= 11 is 0. The maximum Gasteiger partial charge on any atom is 1.00 e. The topological polar surface area (TPSA) is 97.7 Å². The van der Waals surface area contributed by atoms with Crippen molar-refractivity contribution in [3.05, 3.63) is 11.6 Å². The Bertz CT molecular complexity index is 755. The van der Waals surface area contributed by atoms with E-state index in [1.165, 1.54) is 0 Å². The number of carbonyl (C=O) groups excluding carboxylic acids is 2. The third-order valence-electron chi connectivity index (χ3n) is 9.11. The monoisotopic (exact) mass is 432 g/mol. The molecule has 0 unspecified atom stereocenters. The first kappa shape index (κ1) is 24.0. The predicted molar refractivity (Wildman–Crippen MR) is 97.6 cm³/mol. The van der Waals surface area contributed by atoms with E-state index in [1.807, 2.05) is 13.8 Å². The van der Waals surface area contributed by atoms with Crippen molar-refractivity contribution < 1.29 is 80.7 Å². The Morgan fingerprint density at radius 3 is 2.59 bits per heavy atom. The summed E-state index contributed by atoms with van der Waals surface area (Å²) in [5.41, 5.74) is -3.85. The first-order valence-corrected chi connectivity index (χ1v) is 10.5. The number of allylic oxidation sites excluding steroid dienone is 1. The Labute approximate surface area is 213 Å². The number of aliphatic carboxylic acids is 1. The van der Waals surface area contributed by atoms with Crippen LogP contribution in [0.4, 0.5) is 4.39 Å². The van der Waals surface area contributed by atoms with Gasteiger partial charge in [-0.05, 0) is 63.4 Å². The number of ketones is 1. The zero-order chi connectivity index (χ0) is 20.5. The fourth-order valence-electron chi connectivity index (χ4n) is 7.38. The Balaban J connectivity index is 0.00000240. The van der Waals surface area contributed by atoms with Crippen molar-refractivity contribution in [1.29, 1.82) is 0 Å². The van der Waals surface area contributed by atoms with Crippen LogP contribution >= 0.6 is 0 Å².